The van der Waals surface area contributed by atoms with E-state index in [-0.39, 0.29) is 11.7 Å². The Kier molecular flexibility index (Phi) is 4.04. The molecule has 1 saturated heterocycles. The fraction of sp³-hybridized carbons (Fsp3) is 0.250. The van der Waals surface area contributed by atoms with Crippen molar-refractivity contribution in [3.05, 3.63) is 53.9 Å². The van der Waals surface area contributed by atoms with E-state index >= 15 is 0 Å². The summed E-state index contributed by atoms with van der Waals surface area (Å²) in [6.45, 7) is 2.32. The number of aryl methyl sites for hydroxylation is 1. The third-order valence-corrected chi connectivity index (χ3v) is 5.50. The molecule has 1 aliphatic rings. The van der Waals surface area contributed by atoms with Crippen LogP contribution in [0.2, 0.25) is 0 Å². The van der Waals surface area contributed by atoms with E-state index in [9.17, 15) is 13.2 Å². The third-order valence-electron chi connectivity index (χ3n) is 3.63. The van der Waals surface area contributed by atoms with Gasteiger partial charge in [-0.3, -0.25) is 9.10 Å². The van der Waals surface area contributed by atoms with Gasteiger partial charge in [-0.05, 0) is 49.7 Å². The van der Waals surface area contributed by atoms with Crippen LogP contribution < -0.4 is 9.62 Å². The van der Waals surface area contributed by atoms with Crippen molar-refractivity contribution in [1.29, 1.82) is 0 Å². The average Bonchev–Trinajstić information content (AvgIpc) is 2.87. The smallest absolute Gasteiger partial charge is 0.274 e. The monoisotopic (exact) mass is 331 g/mol. The minimum absolute atomic E-state index is 0.185. The van der Waals surface area contributed by atoms with Gasteiger partial charge in [-0.1, -0.05) is 6.07 Å². The Morgan fingerprint density at radius 1 is 1.17 bits per heavy atom. The van der Waals surface area contributed by atoms with Crippen molar-refractivity contribution in [2.45, 2.75) is 13.3 Å². The molecule has 1 N–H and O–H groups in total. The normalized spacial score (nSPS) is 16.3. The highest BCUT2D eigenvalue weighted by molar-refractivity contribution is 7.93. The quantitative estimate of drug-likeness (QED) is 0.935. The van der Waals surface area contributed by atoms with E-state index in [0.717, 1.165) is 5.69 Å². The molecule has 7 heteroatoms. The van der Waals surface area contributed by atoms with Crippen molar-refractivity contribution in [2.75, 3.05) is 21.9 Å². The lowest BCUT2D eigenvalue weighted by atomic mass is 10.2. The summed E-state index contributed by atoms with van der Waals surface area (Å²) in [5, 5.41) is 2.75. The zero-order chi connectivity index (χ0) is 16.4. The van der Waals surface area contributed by atoms with Crippen LogP contribution >= 0.6 is 0 Å². The number of benzene rings is 1. The summed E-state index contributed by atoms with van der Waals surface area (Å²) in [5.41, 5.74) is 2.33. The number of sulfonamides is 1. The first-order valence-electron chi connectivity index (χ1n) is 7.31. The van der Waals surface area contributed by atoms with Crippen LogP contribution in [-0.4, -0.2) is 31.6 Å². The minimum atomic E-state index is -3.19. The van der Waals surface area contributed by atoms with Crippen LogP contribution in [0.4, 0.5) is 11.4 Å². The minimum Gasteiger partial charge on any atom is -0.321 e. The lowest BCUT2D eigenvalue weighted by Crippen LogP contribution is -2.25. The molecule has 0 aliphatic carbocycles. The van der Waals surface area contributed by atoms with Gasteiger partial charge in [-0.2, -0.15) is 0 Å². The summed E-state index contributed by atoms with van der Waals surface area (Å²) < 4.78 is 25.2. The van der Waals surface area contributed by atoms with Crippen molar-refractivity contribution in [3.8, 4) is 0 Å². The number of aromatic nitrogens is 1. The van der Waals surface area contributed by atoms with Crippen molar-refractivity contribution < 1.29 is 13.2 Å². The van der Waals surface area contributed by atoms with E-state index in [1.165, 1.54) is 4.31 Å². The lowest BCUT2D eigenvalue weighted by Gasteiger charge is -2.17. The van der Waals surface area contributed by atoms with Gasteiger partial charge in [0.2, 0.25) is 10.0 Å². The average molecular weight is 331 g/mol. The molecule has 1 aliphatic heterocycles. The number of pyridine rings is 1. The number of hydrogen-bond donors (Lipinski definition) is 1. The first-order valence-corrected chi connectivity index (χ1v) is 8.92. The van der Waals surface area contributed by atoms with Crippen LogP contribution in [0.1, 0.15) is 22.6 Å². The highest BCUT2D eigenvalue weighted by atomic mass is 32.2. The lowest BCUT2D eigenvalue weighted by molar-refractivity contribution is 0.102. The van der Waals surface area contributed by atoms with Gasteiger partial charge < -0.3 is 5.32 Å². The topological polar surface area (TPSA) is 79.4 Å². The Balaban J connectivity index is 1.74. The molecule has 120 valence electrons. The fourth-order valence-electron chi connectivity index (χ4n) is 2.51. The maximum atomic E-state index is 12.1. The number of nitrogens with one attached hydrogen (secondary N) is 1. The van der Waals surface area contributed by atoms with Crippen LogP contribution in [-0.2, 0) is 10.0 Å². The molecule has 3 rings (SSSR count). The molecule has 0 unspecified atom stereocenters. The molecular weight excluding hydrogens is 314 g/mol. The van der Waals surface area contributed by atoms with Crippen LogP contribution in [0.5, 0.6) is 0 Å². The molecule has 0 atom stereocenters. The Bertz CT molecular complexity index is 832. The molecule has 0 bridgehead atoms. The molecule has 1 aromatic heterocycles. The summed E-state index contributed by atoms with van der Waals surface area (Å²) in [7, 11) is -3.19. The van der Waals surface area contributed by atoms with Gasteiger partial charge in [0.1, 0.15) is 5.69 Å². The van der Waals surface area contributed by atoms with Gasteiger partial charge in [0.25, 0.3) is 5.91 Å². The van der Waals surface area contributed by atoms with Crippen molar-refractivity contribution in [3.63, 3.8) is 0 Å². The molecule has 2 heterocycles. The van der Waals surface area contributed by atoms with E-state index < -0.39 is 10.0 Å². The van der Waals surface area contributed by atoms with E-state index in [2.05, 4.69) is 10.3 Å². The standard InChI is InChI=1S/C16H17N3O3S/c1-12-4-2-5-15(17-12)16(20)18-13-6-8-14(9-7-13)19-10-3-11-23(19,21)22/h2,4-9H,3,10-11H2,1H3,(H,18,20). The molecule has 2 aromatic rings. The molecule has 0 radical (unpaired) electrons. The molecule has 0 spiro atoms. The fourth-order valence-corrected chi connectivity index (χ4v) is 4.07. The summed E-state index contributed by atoms with van der Waals surface area (Å²) >= 11 is 0. The first kappa shape index (κ1) is 15.5. The predicted molar refractivity (Wildman–Crippen MR) is 89.1 cm³/mol. The summed E-state index contributed by atoms with van der Waals surface area (Å²) in [4.78, 5) is 16.3. The van der Waals surface area contributed by atoms with Crippen LogP contribution in [0.15, 0.2) is 42.5 Å². The van der Waals surface area contributed by atoms with Crippen molar-refractivity contribution >= 4 is 27.3 Å². The maximum absolute atomic E-state index is 12.1. The molecule has 23 heavy (non-hydrogen) atoms. The maximum Gasteiger partial charge on any atom is 0.274 e. The summed E-state index contributed by atoms with van der Waals surface area (Å²) in [5.74, 6) is -0.111. The number of hydrogen-bond acceptors (Lipinski definition) is 4. The second kappa shape index (κ2) is 6.00. The Labute approximate surface area is 135 Å². The van der Waals surface area contributed by atoms with Crippen LogP contribution in [0.25, 0.3) is 0 Å². The molecule has 6 nitrogen and oxygen atoms in total. The van der Waals surface area contributed by atoms with Crippen molar-refractivity contribution in [2.24, 2.45) is 0 Å². The number of nitrogens with zero attached hydrogens (tertiary/aromatic N) is 2. The van der Waals surface area contributed by atoms with Crippen molar-refractivity contribution in [1.82, 2.24) is 4.98 Å². The Morgan fingerprint density at radius 2 is 1.91 bits per heavy atom. The van der Waals surface area contributed by atoms with E-state index in [0.29, 0.717) is 30.0 Å². The zero-order valence-corrected chi connectivity index (χ0v) is 13.5. The molecular formula is C16H17N3O3S. The highest BCUT2D eigenvalue weighted by Gasteiger charge is 2.28. The summed E-state index contributed by atoms with van der Waals surface area (Å²) in [6.07, 6.45) is 0.639. The Morgan fingerprint density at radius 3 is 2.52 bits per heavy atom. The van der Waals surface area contributed by atoms with E-state index in [1.54, 1.807) is 36.4 Å². The van der Waals surface area contributed by atoms with E-state index in [4.69, 9.17) is 0 Å². The molecule has 1 fully saturated rings. The number of amides is 1. The van der Waals surface area contributed by atoms with Crippen LogP contribution in [0.3, 0.4) is 0 Å². The van der Waals surface area contributed by atoms with Crippen LogP contribution in [0, 0.1) is 6.92 Å². The van der Waals surface area contributed by atoms with Gasteiger partial charge in [-0.25, -0.2) is 13.4 Å². The second-order valence-corrected chi connectivity index (χ2v) is 7.42. The zero-order valence-electron chi connectivity index (χ0n) is 12.7. The number of carbonyl (C=O) groups excluding carboxylic acids is 1. The van der Waals surface area contributed by atoms with E-state index in [1.807, 2.05) is 13.0 Å². The molecule has 1 aromatic carbocycles. The second-order valence-electron chi connectivity index (χ2n) is 5.41. The SMILES string of the molecule is Cc1cccc(C(=O)Nc2ccc(N3CCCS3(=O)=O)cc2)n1. The highest BCUT2D eigenvalue weighted by Crippen LogP contribution is 2.25. The van der Waals surface area contributed by atoms with Gasteiger partial charge in [0.15, 0.2) is 0 Å². The van der Waals surface area contributed by atoms with Gasteiger partial charge in [0, 0.05) is 17.9 Å². The third kappa shape index (κ3) is 3.34. The number of rotatable bonds is 3. The predicted octanol–water partition coefficient (Wildman–Crippen LogP) is 2.18. The van der Waals surface area contributed by atoms with Gasteiger partial charge in [-0.15, -0.1) is 0 Å². The van der Waals surface area contributed by atoms with Gasteiger partial charge in [0.05, 0.1) is 11.4 Å². The summed E-state index contributed by atoms with van der Waals surface area (Å²) in [6, 6.07) is 12.0. The Hall–Kier alpha value is -2.41. The van der Waals surface area contributed by atoms with Gasteiger partial charge >= 0.3 is 0 Å². The first-order chi connectivity index (χ1) is 11.0. The number of anilines is 2. The molecule has 0 saturated carbocycles. The number of carbonyl (C=O) groups is 1. The molecule has 1 amide bonds. The largest absolute Gasteiger partial charge is 0.321 e.